The highest BCUT2D eigenvalue weighted by Gasteiger charge is 2.10. The number of thioether (sulfide) groups is 2. The van der Waals surface area contributed by atoms with Gasteiger partial charge in [0.05, 0.1) is 11.6 Å². The van der Waals surface area contributed by atoms with Crippen LogP contribution in [0, 0.1) is 0 Å². The lowest BCUT2D eigenvalue weighted by Crippen LogP contribution is -1.98. The van der Waals surface area contributed by atoms with Crippen LogP contribution in [0.4, 0.5) is 11.5 Å². The molecule has 1 aromatic carbocycles. The Morgan fingerprint density at radius 2 is 1.96 bits per heavy atom. The van der Waals surface area contributed by atoms with E-state index in [2.05, 4.69) is 62.9 Å². The molecular formula is C17H21N5S2. The molecule has 0 unspecified atom stereocenters. The van der Waals surface area contributed by atoms with Gasteiger partial charge in [-0.2, -0.15) is 5.10 Å². The summed E-state index contributed by atoms with van der Waals surface area (Å²) in [5.74, 6) is 1.83. The van der Waals surface area contributed by atoms with Gasteiger partial charge in [-0.15, -0.1) is 11.8 Å². The molecule has 126 valence electrons. The number of aromatic amines is 1. The number of nitrogens with one attached hydrogen (secondary N) is 2. The van der Waals surface area contributed by atoms with Gasteiger partial charge in [-0.1, -0.05) is 31.5 Å². The molecule has 0 bridgehead atoms. The number of aromatic nitrogens is 4. The molecular weight excluding hydrogens is 338 g/mol. The Kier molecular flexibility index (Phi) is 5.98. The van der Waals surface area contributed by atoms with Crippen LogP contribution in [0.5, 0.6) is 0 Å². The van der Waals surface area contributed by atoms with E-state index in [1.54, 1.807) is 29.7 Å². The van der Waals surface area contributed by atoms with Crippen LogP contribution in [0.1, 0.15) is 26.2 Å². The van der Waals surface area contributed by atoms with Crippen molar-refractivity contribution < 1.29 is 0 Å². The average molecular weight is 360 g/mol. The van der Waals surface area contributed by atoms with E-state index < -0.39 is 0 Å². The number of hydrogen-bond donors (Lipinski definition) is 2. The minimum Gasteiger partial charge on any atom is -0.339 e. The van der Waals surface area contributed by atoms with Gasteiger partial charge < -0.3 is 5.32 Å². The number of H-pyrrole nitrogens is 1. The van der Waals surface area contributed by atoms with E-state index in [-0.39, 0.29) is 0 Å². The maximum absolute atomic E-state index is 4.68. The minimum absolute atomic E-state index is 0.770. The molecule has 0 aliphatic heterocycles. The monoisotopic (exact) mass is 359 g/mol. The van der Waals surface area contributed by atoms with Gasteiger partial charge in [0.15, 0.2) is 10.8 Å². The fourth-order valence-corrected chi connectivity index (χ4v) is 3.55. The van der Waals surface area contributed by atoms with Gasteiger partial charge in [-0.3, -0.25) is 5.10 Å². The van der Waals surface area contributed by atoms with E-state index in [4.69, 9.17) is 0 Å². The zero-order valence-corrected chi connectivity index (χ0v) is 15.5. The van der Waals surface area contributed by atoms with Crippen molar-refractivity contribution in [2.45, 2.75) is 36.2 Å². The van der Waals surface area contributed by atoms with E-state index in [9.17, 15) is 0 Å². The standard InChI is InChI=1S/C17H21N5S2/c1-3-4-5-10-24-17-20-15(14-11-18-22-16(14)21-17)19-12-6-8-13(23-2)9-7-12/h6-9,11H,3-5,10H2,1-2H3,(H2,18,19,20,21,22). The van der Waals surface area contributed by atoms with Crippen molar-refractivity contribution in [3.8, 4) is 0 Å². The van der Waals surface area contributed by atoms with Crippen LogP contribution in [0.2, 0.25) is 0 Å². The quantitative estimate of drug-likeness (QED) is 0.331. The molecule has 0 saturated heterocycles. The Morgan fingerprint density at radius 3 is 2.71 bits per heavy atom. The third kappa shape index (κ3) is 4.21. The lowest BCUT2D eigenvalue weighted by Gasteiger charge is -2.09. The highest BCUT2D eigenvalue weighted by atomic mass is 32.2. The zero-order valence-electron chi connectivity index (χ0n) is 13.9. The van der Waals surface area contributed by atoms with Crippen LogP contribution in [-0.2, 0) is 0 Å². The van der Waals surface area contributed by atoms with Gasteiger partial charge in [0, 0.05) is 16.3 Å². The van der Waals surface area contributed by atoms with Crippen molar-refractivity contribution in [2.24, 2.45) is 0 Å². The third-order valence-corrected chi connectivity index (χ3v) is 5.30. The maximum Gasteiger partial charge on any atom is 0.191 e. The summed E-state index contributed by atoms with van der Waals surface area (Å²) in [6.07, 6.45) is 7.49. The molecule has 0 radical (unpaired) electrons. The normalized spacial score (nSPS) is 11.1. The Bertz CT molecular complexity index is 785. The molecule has 0 saturated carbocycles. The summed E-state index contributed by atoms with van der Waals surface area (Å²) < 4.78 is 0. The Labute approximate surface area is 150 Å². The fourth-order valence-electron chi connectivity index (χ4n) is 2.30. The van der Waals surface area contributed by atoms with Crippen LogP contribution in [-0.4, -0.2) is 32.2 Å². The second-order valence-corrected chi connectivity index (χ2v) is 7.34. The van der Waals surface area contributed by atoms with E-state index in [0.29, 0.717) is 0 Å². The summed E-state index contributed by atoms with van der Waals surface area (Å²) in [5.41, 5.74) is 1.78. The summed E-state index contributed by atoms with van der Waals surface area (Å²) in [6.45, 7) is 2.21. The number of fused-ring (bicyclic) bond motifs is 1. The predicted octanol–water partition coefficient (Wildman–Crippen LogP) is 5.10. The molecule has 3 aromatic rings. The summed E-state index contributed by atoms with van der Waals surface area (Å²) in [5, 5.41) is 12.1. The van der Waals surface area contributed by atoms with Crippen LogP contribution >= 0.6 is 23.5 Å². The molecule has 0 amide bonds. The van der Waals surface area contributed by atoms with E-state index >= 15 is 0 Å². The van der Waals surface area contributed by atoms with Crippen molar-refractivity contribution in [1.82, 2.24) is 20.2 Å². The van der Waals surface area contributed by atoms with Crippen LogP contribution < -0.4 is 5.32 Å². The minimum atomic E-state index is 0.770. The third-order valence-electron chi connectivity index (χ3n) is 3.62. The molecule has 2 heterocycles. The van der Waals surface area contributed by atoms with Crippen LogP contribution in [0.25, 0.3) is 11.0 Å². The molecule has 0 spiro atoms. The topological polar surface area (TPSA) is 66.5 Å². The number of nitrogens with zero attached hydrogens (tertiary/aromatic N) is 3. The lowest BCUT2D eigenvalue weighted by molar-refractivity contribution is 0.777. The molecule has 7 heteroatoms. The van der Waals surface area contributed by atoms with E-state index in [1.165, 1.54) is 24.2 Å². The smallest absolute Gasteiger partial charge is 0.191 e. The molecule has 0 atom stereocenters. The summed E-state index contributed by atoms with van der Waals surface area (Å²) in [6, 6.07) is 8.32. The van der Waals surface area contributed by atoms with Gasteiger partial charge >= 0.3 is 0 Å². The first-order chi connectivity index (χ1) is 11.8. The lowest BCUT2D eigenvalue weighted by atomic mass is 10.3. The molecule has 5 nitrogen and oxygen atoms in total. The summed E-state index contributed by atoms with van der Waals surface area (Å²) in [7, 11) is 0. The largest absolute Gasteiger partial charge is 0.339 e. The van der Waals surface area contributed by atoms with Gasteiger partial charge in [0.25, 0.3) is 0 Å². The number of benzene rings is 1. The first-order valence-corrected chi connectivity index (χ1v) is 10.3. The van der Waals surface area contributed by atoms with Crippen molar-refractivity contribution in [1.29, 1.82) is 0 Å². The molecule has 24 heavy (non-hydrogen) atoms. The zero-order chi connectivity index (χ0) is 16.8. The van der Waals surface area contributed by atoms with Crippen molar-refractivity contribution in [2.75, 3.05) is 17.3 Å². The van der Waals surface area contributed by atoms with E-state index in [1.807, 2.05) is 0 Å². The van der Waals surface area contributed by atoms with Crippen molar-refractivity contribution >= 4 is 46.1 Å². The van der Waals surface area contributed by atoms with Gasteiger partial charge in [-0.25, -0.2) is 9.97 Å². The number of rotatable bonds is 8. The van der Waals surface area contributed by atoms with Gasteiger partial charge in [0.2, 0.25) is 0 Å². The van der Waals surface area contributed by atoms with Crippen LogP contribution in [0.3, 0.4) is 0 Å². The first-order valence-electron chi connectivity index (χ1n) is 8.05. The Hall–Kier alpha value is -1.73. The van der Waals surface area contributed by atoms with Gasteiger partial charge in [-0.05, 0) is 36.9 Å². The van der Waals surface area contributed by atoms with Crippen molar-refractivity contribution in [3.63, 3.8) is 0 Å². The summed E-state index contributed by atoms with van der Waals surface area (Å²) >= 11 is 3.43. The number of hydrogen-bond acceptors (Lipinski definition) is 6. The fraction of sp³-hybridized carbons (Fsp3) is 0.353. The highest BCUT2D eigenvalue weighted by molar-refractivity contribution is 7.99. The molecule has 3 rings (SSSR count). The first kappa shape index (κ1) is 17.1. The van der Waals surface area contributed by atoms with Crippen molar-refractivity contribution in [3.05, 3.63) is 30.5 Å². The maximum atomic E-state index is 4.68. The number of anilines is 2. The number of unbranched alkanes of at least 4 members (excludes halogenated alkanes) is 2. The van der Waals surface area contributed by atoms with Crippen LogP contribution in [0.15, 0.2) is 40.5 Å². The second-order valence-electron chi connectivity index (χ2n) is 5.40. The predicted molar refractivity (Wildman–Crippen MR) is 103 cm³/mol. The summed E-state index contributed by atoms with van der Waals surface area (Å²) in [4.78, 5) is 10.5. The highest BCUT2D eigenvalue weighted by Crippen LogP contribution is 2.27. The molecule has 0 fully saturated rings. The molecule has 2 aromatic heterocycles. The molecule has 0 aliphatic carbocycles. The molecule has 2 N–H and O–H groups in total. The van der Waals surface area contributed by atoms with E-state index in [0.717, 1.165) is 33.4 Å². The SMILES string of the molecule is CCCCCSc1nc(Nc2ccc(SC)cc2)c2cn[nH]c2n1. The van der Waals surface area contributed by atoms with Gasteiger partial charge in [0.1, 0.15) is 5.82 Å². The second kappa shape index (κ2) is 8.39. The Morgan fingerprint density at radius 1 is 1.12 bits per heavy atom. The molecule has 0 aliphatic rings. The average Bonchev–Trinajstić information content (AvgIpc) is 3.08. The Balaban J connectivity index is 1.80.